The van der Waals surface area contributed by atoms with Crippen LogP contribution in [0.3, 0.4) is 0 Å². The molecule has 0 aliphatic carbocycles. The van der Waals surface area contributed by atoms with Crippen LogP contribution >= 0.6 is 0 Å². The number of fused-ring (bicyclic) bond motifs is 1. The molecule has 4 aromatic rings. The summed E-state index contributed by atoms with van der Waals surface area (Å²) in [5.74, 6) is 0.151. The van der Waals surface area contributed by atoms with Gasteiger partial charge in [-0.2, -0.15) is 0 Å². The van der Waals surface area contributed by atoms with Gasteiger partial charge in [0.05, 0.1) is 4.90 Å². The largest absolute Gasteiger partial charge is 0.484 e. The summed E-state index contributed by atoms with van der Waals surface area (Å²) in [6.45, 7) is 2.02. The lowest BCUT2D eigenvalue weighted by Gasteiger charge is -2.15. The van der Waals surface area contributed by atoms with Crippen molar-refractivity contribution in [2.24, 2.45) is 0 Å². The smallest absolute Gasteiger partial charge is 0.258 e. The van der Waals surface area contributed by atoms with Gasteiger partial charge in [0, 0.05) is 12.6 Å². The standard InChI is InChI=1S/C27H26N2O4S/c1-20(21-8-3-2-4-9-21)29-34(31,32)25-16-14-24(15-17-25)33-19-27(30)28-18-23-12-7-11-22-10-5-6-13-26(22)23/h2-17,20,29H,18-19H2,1H3,(H,28,30). The molecule has 4 rings (SSSR count). The maximum Gasteiger partial charge on any atom is 0.258 e. The molecule has 174 valence electrons. The lowest BCUT2D eigenvalue weighted by atomic mass is 10.0. The van der Waals surface area contributed by atoms with Crippen LogP contribution in [0.4, 0.5) is 0 Å². The van der Waals surface area contributed by atoms with Crippen LogP contribution in [-0.4, -0.2) is 20.9 Å². The molecule has 34 heavy (non-hydrogen) atoms. The summed E-state index contributed by atoms with van der Waals surface area (Å²) >= 11 is 0. The summed E-state index contributed by atoms with van der Waals surface area (Å²) in [5, 5.41) is 5.08. The Morgan fingerprint density at radius 2 is 1.53 bits per heavy atom. The molecule has 0 saturated carbocycles. The summed E-state index contributed by atoms with van der Waals surface area (Å²) in [6, 6.07) is 29.0. The highest BCUT2D eigenvalue weighted by molar-refractivity contribution is 7.89. The first-order valence-electron chi connectivity index (χ1n) is 11.0. The van der Waals surface area contributed by atoms with Crippen molar-refractivity contribution in [1.82, 2.24) is 10.0 Å². The molecular formula is C27H26N2O4S. The number of hydrogen-bond donors (Lipinski definition) is 2. The summed E-state index contributed by atoms with van der Waals surface area (Å²) in [5.41, 5.74) is 1.90. The molecule has 0 aromatic heterocycles. The van der Waals surface area contributed by atoms with Crippen molar-refractivity contribution in [3.63, 3.8) is 0 Å². The summed E-state index contributed by atoms with van der Waals surface area (Å²) in [4.78, 5) is 12.4. The molecule has 0 aliphatic heterocycles. The minimum Gasteiger partial charge on any atom is -0.484 e. The van der Waals surface area contributed by atoms with Crippen molar-refractivity contribution < 1.29 is 17.9 Å². The Kier molecular flexibility index (Phi) is 7.25. The highest BCUT2D eigenvalue weighted by atomic mass is 32.2. The van der Waals surface area contributed by atoms with Crippen molar-refractivity contribution >= 4 is 26.7 Å². The average molecular weight is 475 g/mol. The lowest BCUT2D eigenvalue weighted by molar-refractivity contribution is -0.123. The second kappa shape index (κ2) is 10.5. The molecule has 4 aromatic carbocycles. The Hall–Kier alpha value is -3.68. The third-order valence-electron chi connectivity index (χ3n) is 5.49. The van der Waals surface area contributed by atoms with Gasteiger partial charge in [0.2, 0.25) is 10.0 Å². The van der Waals surface area contributed by atoms with E-state index in [0.29, 0.717) is 12.3 Å². The number of nitrogens with one attached hydrogen (secondary N) is 2. The topological polar surface area (TPSA) is 84.5 Å². The third-order valence-corrected chi connectivity index (χ3v) is 7.05. The van der Waals surface area contributed by atoms with Crippen molar-refractivity contribution in [2.45, 2.75) is 24.4 Å². The maximum atomic E-state index is 12.7. The van der Waals surface area contributed by atoms with Crippen LogP contribution in [-0.2, 0) is 21.4 Å². The molecule has 1 atom stereocenters. The van der Waals surface area contributed by atoms with Gasteiger partial charge in [-0.05, 0) is 53.1 Å². The number of carbonyl (C=O) groups excluding carboxylic acids is 1. The molecule has 1 unspecified atom stereocenters. The molecule has 0 heterocycles. The van der Waals surface area contributed by atoms with Gasteiger partial charge in [-0.1, -0.05) is 72.8 Å². The number of benzene rings is 4. The van der Waals surface area contributed by atoms with E-state index in [9.17, 15) is 13.2 Å². The van der Waals surface area contributed by atoms with Crippen LogP contribution in [0.5, 0.6) is 5.75 Å². The fourth-order valence-corrected chi connectivity index (χ4v) is 4.90. The van der Waals surface area contributed by atoms with Gasteiger partial charge in [-0.3, -0.25) is 4.79 Å². The zero-order chi connectivity index (χ0) is 24.0. The number of carbonyl (C=O) groups is 1. The normalized spacial score (nSPS) is 12.3. The minimum absolute atomic E-state index is 0.128. The van der Waals surface area contributed by atoms with Crippen LogP contribution in [0, 0.1) is 0 Å². The van der Waals surface area contributed by atoms with Gasteiger partial charge in [0.25, 0.3) is 5.91 Å². The highest BCUT2D eigenvalue weighted by Crippen LogP contribution is 2.20. The molecule has 1 amide bonds. The van der Waals surface area contributed by atoms with E-state index in [0.717, 1.165) is 21.9 Å². The third kappa shape index (κ3) is 5.81. The monoisotopic (exact) mass is 474 g/mol. The van der Waals surface area contributed by atoms with Gasteiger partial charge in [-0.15, -0.1) is 0 Å². The second-order valence-corrected chi connectivity index (χ2v) is 9.64. The first-order chi connectivity index (χ1) is 16.4. The quantitative estimate of drug-likeness (QED) is 0.372. The Labute approximate surface area is 199 Å². The number of ether oxygens (including phenoxy) is 1. The van der Waals surface area contributed by atoms with E-state index < -0.39 is 10.0 Å². The van der Waals surface area contributed by atoms with E-state index in [-0.39, 0.29) is 23.5 Å². The molecule has 0 radical (unpaired) electrons. The van der Waals surface area contributed by atoms with Gasteiger partial charge in [0.1, 0.15) is 5.75 Å². The Morgan fingerprint density at radius 3 is 2.29 bits per heavy atom. The van der Waals surface area contributed by atoms with E-state index in [2.05, 4.69) is 10.0 Å². The predicted octanol–water partition coefficient (Wildman–Crippen LogP) is 4.57. The van der Waals surface area contributed by atoms with E-state index in [1.54, 1.807) is 19.1 Å². The van der Waals surface area contributed by atoms with E-state index in [1.165, 1.54) is 12.1 Å². The molecular weight excluding hydrogens is 448 g/mol. The molecule has 0 saturated heterocycles. The number of rotatable bonds is 9. The number of hydrogen-bond acceptors (Lipinski definition) is 4. The van der Waals surface area contributed by atoms with E-state index in [4.69, 9.17) is 4.74 Å². The lowest BCUT2D eigenvalue weighted by Crippen LogP contribution is -2.28. The number of sulfonamides is 1. The zero-order valence-electron chi connectivity index (χ0n) is 18.8. The van der Waals surface area contributed by atoms with Gasteiger partial charge < -0.3 is 10.1 Å². The Morgan fingerprint density at radius 1 is 0.853 bits per heavy atom. The molecule has 0 spiro atoms. The molecule has 0 fully saturated rings. The minimum atomic E-state index is -3.70. The molecule has 0 aliphatic rings. The van der Waals surface area contributed by atoms with Gasteiger partial charge >= 0.3 is 0 Å². The second-order valence-electron chi connectivity index (χ2n) is 7.93. The summed E-state index contributed by atoms with van der Waals surface area (Å²) < 4.78 is 33.6. The first-order valence-corrected chi connectivity index (χ1v) is 12.4. The maximum absolute atomic E-state index is 12.7. The molecule has 6 nitrogen and oxygen atoms in total. The predicted molar refractivity (Wildman–Crippen MR) is 133 cm³/mol. The highest BCUT2D eigenvalue weighted by Gasteiger charge is 2.18. The van der Waals surface area contributed by atoms with E-state index >= 15 is 0 Å². The van der Waals surface area contributed by atoms with Crippen LogP contribution in [0.25, 0.3) is 10.8 Å². The molecule has 2 N–H and O–H groups in total. The average Bonchev–Trinajstić information content (AvgIpc) is 2.86. The van der Waals surface area contributed by atoms with Crippen molar-refractivity contribution in [3.05, 3.63) is 108 Å². The molecule has 0 bridgehead atoms. The summed E-state index contributed by atoms with van der Waals surface area (Å²) in [6.07, 6.45) is 0. The Balaban J connectivity index is 1.30. The van der Waals surface area contributed by atoms with Crippen LogP contribution in [0.2, 0.25) is 0 Å². The molecule has 7 heteroatoms. The van der Waals surface area contributed by atoms with Crippen LogP contribution in [0.1, 0.15) is 24.1 Å². The van der Waals surface area contributed by atoms with E-state index in [1.807, 2.05) is 72.8 Å². The van der Waals surface area contributed by atoms with Crippen molar-refractivity contribution in [3.8, 4) is 5.75 Å². The fourth-order valence-electron chi connectivity index (χ4n) is 3.67. The SMILES string of the molecule is CC(NS(=O)(=O)c1ccc(OCC(=O)NCc2cccc3ccccc23)cc1)c1ccccc1. The fraction of sp³-hybridized carbons (Fsp3) is 0.148. The van der Waals surface area contributed by atoms with Crippen LogP contribution in [0.15, 0.2) is 102 Å². The van der Waals surface area contributed by atoms with Gasteiger partial charge in [-0.25, -0.2) is 13.1 Å². The van der Waals surface area contributed by atoms with Gasteiger partial charge in [0.15, 0.2) is 6.61 Å². The van der Waals surface area contributed by atoms with Crippen molar-refractivity contribution in [1.29, 1.82) is 0 Å². The number of amides is 1. The summed E-state index contributed by atoms with van der Waals surface area (Å²) in [7, 11) is -3.70. The zero-order valence-corrected chi connectivity index (χ0v) is 19.6. The Bertz CT molecular complexity index is 1370. The van der Waals surface area contributed by atoms with Crippen molar-refractivity contribution in [2.75, 3.05) is 6.61 Å². The first kappa shape index (κ1) is 23.5. The van der Waals surface area contributed by atoms with Crippen LogP contribution < -0.4 is 14.8 Å².